The molecule has 0 radical (unpaired) electrons. The summed E-state index contributed by atoms with van der Waals surface area (Å²) in [5, 5.41) is 2.89. The van der Waals surface area contributed by atoms with Gasteiger partial charge < -0.3 is 19.5 Å². The number of carbonyl (C=O) groups is 1. The zero-order valence-electron chi connectivity index (χ0n) is 14.3. The minimum absolute atomic E-state index is 0.113. The van der Waals surface area contributed by atoms with Gasteiger partial charge in [-0.3, -0.25) is 9.36 Å². The molecule has 0 spiro atoms. The fraction of sp³-hybridized carbons (Fsp3) is 0.600. The van der Waals surface area contributed by atoms with Gasteiger partial charge in [-0.15, -0.1) is 0 Å². The fourth-order valence-corrected chi connectivity index (χ4v) is 4.25. The number of amides is 1. The standard InChI is InChI=1S/C15H17ClIN5O4/c1-4-18-12(23)8-7-9(26-15(2,3)25-7)13(24-8)22-5-19-6-10(17)20-14(16)21-11(6)22/h5,7-9,13H,4H2,1-3H3,(H,18,23). The molecule has 11 heteroatoms. The van der Waals surface area contributed by atoms with Gasteiger partial charge in [0.1, 0.15) is 21.4 Å². The number of halogens is 2. The van der Waals surface area contributed by atoms with Crippen LogP contribution in [0.25, 0.3) is 11.2 Å². The Balaban J connectivity index is 1.76. The largest absolute Gasteiger partial charge is 0.354 e. The predicted molar refractivity (Wildman–Crippen MR) is 99.5 cm³/mol. The van der Waals surface area contributed by atoms with Crippen molar-refractivity contribution < 1.29 is 19.0 Å². The van der Waals surface area contributed by atoms with Gasteiger partial charge in [0.25, 0.3) is 5.91 Å². The molecule has 4 heterocycles. The van der Waals surface area contributed by atoms with Gasteiger partial charge in [-0.1, -0.05) is 0 Å². The first-order chi connectivity index (χ1) is 12.3. The van der Waals surface area contributed by atoms with Crippen molar-refractivity contribution in [2.45, 2.75) is 51.1 Å². The normalized spacial score (nSPS) is 29.9. The van der Waals surface area contributed by atoms with Crippen LogP contribution >= 0.6 is 34.2 Å². The molecule has 0 aromatic carbocycles. The number of ether oxygens (including phenoxy) is 3. The third-order valence-electron chi connectivity index (χ3n) is 4.26. The van der Waals surface area contributed by atoms with E-state index in [2.05, 4.69) is 42.9 Å². The third-order valence-corrected chi connectivity index (χ3v) is 5.19. The molecule has 140 valence electrons. The summed E-state index contributed by atoms with van der Waals surface area (Å²) < 4.78 is 20.3. The van der Waals surface area contributed by atoms with E-state index in [-0.39, 0.29) is 11.2 Å². The van der Waals surface area contributed by atoms with E-state index in [4.69, 9.17) is 25.8 Å². The monoisotopic (exact) mass is 493 g/mol. The van der Waals surface area contributed by atoms with Crippen LogP contribution in [0.15, 0.2) is 6.33 Å². The predicted octanol–water partition coefficient (Wildman–Crippen LogP) is 1.64. The van der Waals surface area contributed by atoms with Crippen LogP contribution in [-0.4, -0.2) is 56.1 Å². The highest BCUT2D eigenvalue weighted by atomic mass is 127. The maximum absolute atomic E-state index is 12.4. The molecule has 4 rings (SSSR count). The highest BCUT2D eigenvalue weighted by molar-refractivity contribution is 14.1. The van der Waals surface area contributed by atoms with E-state index >= 15 is 0 Å². The zero-order valence-corrected chi connectivity index (χ0v) is 17.2. The van der Waals surface area contributed by atoms with Crippen LogP contribution in [0.3, 0.4) is 0 Å². The van der Waals surface area contributed by atoms with E-state index in [1.165, 1.54) is 0 Å². The number of hydrogen-bond acceptors (Lipinski definition) is 7. The molecule has 1 N–H and O–H groups in total. The lowest BCUT2D eigenvalue weighted by molar-refractivity contribution is -0.197. The van der Waals surface area contributed by atoms with E-state index in [1.807, 2.05) is 20.8 Å². The average molecular weight is 494 g/mol. The highest BCUT2D eigenvalue weighted by Crippen LogP contribution is 2.43. The summed E-state index contributed by atoms with van der Waals surface area (Å²) in [7, 11) is 0. The number of aromatic nitrogens is 4. The molecule has 2 aromatic heterocycles. The first-order valence-electron chi connectivity index (χ1n) is 8.15. The number of likely N-dealkylation sites (N-methyl/N-ethyl adjacent to an activating group) is 1. The maximum atomic E-state index is 12.4. The van der Waals surface area contributed by atoms with Crippen LogP contribution in [0.4, 0.5) is 0 Å². The Bertz CT molecular complexity index is 875. The minimum Gasteiger partial charge on any atom is -0.354 e. The van der Waals surface area contributed by atoms with Gasteiger partial charge in [-0.25, -0.2) is 9.97 Å². The summed E-state index contributed by atoms with van der Waals surface area (Å²) >= 11 is 8.06. The second-order valence-corrected chi connectivity index (χ2v) is 7.87. The fourth-order valence-electron chi connectivity index (χ4n) is 3.33. The molecule has 2 aromatic rings. The Morgan fingerprint density at radius 3 is 2.85 bits per heavy atom. The third kappa shape index (κ3) is 2.97. The Hall–Kier alpha value is -1.08. The number of nitrogens with one attached hydrogen (secondary N) is 1. The number of hydrogen-bond donors (Lipinski definition) is 1. The summed E-state index contributed by atoms with van der Waals surface area (Å²) in [6.45, 7) is 5.97. The molecule has 9 nitrogen and oxygen atoms in total. The Labute approximate surface area is 167 Å². The molecule has 4 unspecified atom stereocenters. The Kier molecular flexibility index (Phi) is 4.58. The molecular formula is C15H17ClIN5O4. The van der Waals surface area contributed by atoms with Crippen molar-refractivity contribution in [1.29, 1.82) is 0 Å². The zero-order chi connectivity index (χ0) is 18.6. The first-order valence-corrected chi connectivity index (χ1v) is 9.61. The van der Waals surface area contributed by atoms with Gasteiger partial charge in [0, 0.05) is 6.54 Å². The van der Waals surface area contributed by atoms with Crippen LogP contribution in [0, 0.1) is 3.70 Å². The summed E-state index contributed by atoms with van der Waals surface area (Å²) in [6.07, 6.45) is -0.840. The number of rotatable bonds is 3. The maximum Gasteiger partial charge on any atom is 0.252 e. The molecule has 4 atom stereocenters. The molecular weight excluding hydrogens is 477 g/mol. The lowest BCUT2D eigenvalue weighted by Crippen LogP contribution is -2.42. The molecule has 1 amide bonds. The summed E-state index contributed by atoms with van der Waals surface area (Å²) in [5.41, 5.74) is 1.12. The van der Waals surface area contributed by atoms with Crippen LogP contribution in [0.5, 0.6) is 0 Å². The van der Waals surface area contributed by atoms with E-state index in [0.29, 0.717) is 21.4 Å². The Morgan fingerprint density at radius 2 is 2.12 bits per heavy atom. The number of carbonyl (C=O) groups excluding carboxylic acids is 1. The summed E-state index contributed by atoms with van der Waals surface area (Å²) in [4.78, 5) is 25.2. The Morgan fingerprint density at radius 1 is 1.38 bits per heavy atom. The quantitative estimate of drug-likeness (QED) is 0.394. The highest BCUT2D eigenvalue weighted by Gasteiger charge is 2.58. The topological polar surface area (TPSA) is 100 Å². The minimum atomic E-state index is -0.820. The van der Waals surface area contributed by atoms with Crippen molar-refractivity contribution in [3.05, 3.63) is 15.3 Å². The molecule has 2 saturated heterocycles. The second-order valence-electron chi connectivity index (χ2n) is 6.51. The van der Waals surface area contributed by atoms with Gasteiger partial charge in [-0.2, -0.15) is 4.98 Å². The lowest BCUT2D eigenvalue weighted by atomic mass is 10.1. The van der Waals surface area contributed by atoms with Crippen molar-refractivity contribution in [2.75, 3.05) is 6.54 Å². The van der Waals surface area contributed by atoms with Crippen molar-refractivity contribution in [3.63, 3.8) is 0 Å². The summed E-state index contributed by atoms with van der Waals surface area (Å²) in [6, 6.07) is 0. The molecule has 0 bridgehead atoms. The number of fused-ring (bicyclic) bond motifs is 2. The van der Waals surface area contributed by atoms with E-state index in [9.17, 15) is 4.79 Å². The molecule has 0 saturated carbocycles. The van der Waals surface area contributed by atoms with Crippen molar-refractivity contribution in [1.82, 2.24) is 24.8 Å². The molecule has 2 aliphatic rings. The van der Waals surface area contributed by atoms with Crippen molar-refractivity contribution in [3.8, 4) is 0 Å². The average Bonchev–Trinajstić information content (AvgIpc) is 3.18. The summed E-state index contributed by atoms with van der Waals surface area (Å²) in [5.74, 6) is -1.06. The van der Waals surface area contributed by atoms with E-state index < -0.39 is 30.3 Å². The van der Waals surface area contributed by atoms with Gasteiger partial charge in [-0.05, 0) is 55.0 Å². The first kappa shape index (κ1) is 18.3. The number of nitrogens with zero attached hydrogens (tertiary/aromatic N) is 4. The van der Waals surface area contributed by atoms with E-state index in [0.717, 1.165) is 0 Å². The second kappa shape index (κ2) is 6.51. The van der Waals surface area contributed by atoms with Crippen LogP contribution in [0.1, 0.15) is 27.0 Å². The van der Waals surface area contributed by atoms with Gasteiger partial charge in [0.2, 0.25) is 5.28 Å². The van der Waals surface area contributed by atoms with Crippen molar-refractivity contribution in [2.24, 2.45) is 0 Å². The van der Waals surface area contributed by atoms with Crippen molar-refractivity contribution >= 4 is 51.3 Å². The number of imidazole rings is 1. The van der Waals surface area contributed by atoms with Crippen LogP contribution in [0.2, 0.25) is 5.28 Å². The molecule has 2 fully saturated rings. The lowest BCUT2D eigenvalue weighted by Gasteiger charge is -2.24. The SMILES string of the molecule is CCNC(=O)C1OC(n2cnc3c(I)nc(Cl)nc32)C2OC(C)(C)OC12. The van der Waals surface area contributed by atoms with E-state index in [1.54, 1.807) is 10.9 Å². The molecule has 26 heavy (non-hydrogen) atoms. The van der Waals surface area contributed by atoms with Gasteiger partial charge >= 0.3 is 0 Å². The van der Waals surface area contributed by atoms with Crippen LogP contribution in [-0.2, 0) is 19.0 Å². The smallest absolute Gasteiger partial charge is 0.252 e. The van der Waals surface area contributed by atoms with Gasteiger partial charge in [0.05, 0.1) is 6.33 Å². The molecule has 0 aliphatic carbocycles. The van der Waals surface area contributed by atoms with Gasteiger partial charge in [0.15, 0.2) is 23.8 Å². The van der Waals surface area contributed by atoms with Crippen LogP contribution < -0.4 is 5.32 Å². The molecule has 2 aliphatic heterocycles.